The zero-order valence-electron chi connectivity index (χ0n) is 11.8. The smallest absolute Gasteiger partial charge is 0.269 e. The molecule has 1 aromatic heterocycles. The van der Waals surface area contributed by atoms with Gasteiger partial charge >= 0.3 is 0 Å². The van der Waals surface area contributed by atoms with Crippen molar-refractivity contribution in [1.82, 2.24) is 4.98 Å². The van der Waals surface area contributed by atoms with E-state index in [4.69, 9.17) is 0 Å². The van der Waals surface area contributed by atoms with Gasteiger partial charge in [0.15, 0.2) is 0 Å². The number of pyridine rings is 1. The third kappa shape index (κ3) is 1.97. The molecule has 0 bridgehead atoms. The summed E-state index contributed by atoms with van der Waals surface area (Å²) in [5, 5.41) is 14.6. The molecule has 0 radical (unpaired) electrons. The fourth-order valence-corrected chi connectivity index (χ4v) is 3.60. The van der Waals surface area contributed by atoms with Gasteiger partial charge in [-0.05, 0) is 41.7 Å². The third-order valence-electron chi connectivity index (χ3n) is 4.62. The fraction of sp³-hybridized carbons (Fsp3) is 0.235. The van der Waals surface area contributed by atoms with Gasteiger partial charge in [-0.2, -0.15) is 0 Å². The van der Waals surface area contributed by atoms with Crippen LogP contribution in [0.2, 0.25) is 0 Å². The summed E-state index contributed by atoms with van der Waals surface area (Å²) in [5.41, 5.74) is 3.37. The number of anilines is 1. The van der Waals surface area contributed by atoms with Crippen LogP contribution >= 0.6 is 0 Å². The lowest BCUT2D eigenvalue weighted by Crippen LogP contribution is -2.29. The van der Waals surface area contributed by atoms with Gasteiger partial charge in [0, 0.05) is 36.1 Å². The van der Waals surface area contributed by atoms with Crippen molar-refractivity contribution in [1.29, 1.82) is 0 Å². The first-order valence-corrected chi connectivity index (χ1v) is 7.35. The van der Waals surface area contributed by atoms with Gasteiger partial charge in [0.05, 0.1) is 11.0 Å². The van der Waals surface area contributed by atoms with Crippen molar-refractivity contribution in [2.24, 2.45) is 5.92 Å². The summed E-state index contributed by atoms with van der Waals surface area (Å²) in [4.78, 5) is 14.8. The molecular weight excluding hydrogens is 278 g/mol. The highest BCUT2D eigenvalue weighted by Crippen LogP contribution is 2.50. The van der Waals surface area contributed by atoms with Gasteiger partial charge in [-0.15, -0.1) is 0 Å². The Labute approximate surface area is 127 Å². The summed E-state index contributed by atoms with van der Waals surface area (Å²) >= 11 is 0. The van der Waals surface area contributed by atoms with Gasteiger partial charge in [0.2, 0.25) is 0 Å². The second kappa shape index (κ2) is 4.94. The van der Waals surface area contributed by atoms with Gasteiger partial charge in [-0.1, -0.05) is 12.2 Å². The molecule has 0 unspecified atom stereocenters. The predicted molar refractivity (Wildman–Crippen MR) is 83.7 cm³/mol. The topological polar surface area (TPSA) is 68.1 Å². The summed E-state index contributed by atoms with van der Waals surface area (Å²) < 4.78 is 0. The SMILES string of the molecule is O=[N+]([O-])c1ccc2c(c1)[C@@H]1C=CC[C@@H]1[C@H](c1ccncc1)N2. The first kappa shape index (κ1) is 13.0. The quantitative estimate of drug-likeness (QED) is 0.519. The number of nitro benzene ring substituents is 1. The number of nitrogens with zero attached hydrogens (tertiary/aromatic N) is 2. The second-order valence-electron chi connectivity index (χ2n) is 5.78. The van der Waals surface area contributed by atoms with Crippen LogP contribution < -0.4 is 5.32 Å². The van der Waals surface area contributed by atoms with Crippen LogP contribution in [0.4, 0.5) is 11.4 Å². The van der Waals surface area contributed by atoms with Crippen LogP contribution in [0.5, 0.6) is 0 Å². The predicted octanol–water partition coefficient (Wildman–Crippen LogP) is 3.82. The van der Waals surface area contributed by atoms with Gasteiger partial charge in [0.1, 0.15) is 0 Å². The summed E-state index contributed by atoms with van der Waals surface area (Å²) in [6, 6.07) is 9.36. The number of hydrogen-bond donors (Lipinski definition) is 1. The van der Waals surface area contributed by atoms with E-state index in [-0.39, 0.29) is 22.6 Å². The molecule has 5 heteroatoms. The highest BCUT2D eigenvalue weighted by atomic mass is 16.6. The molecule has 2 aromatic rings. The molecule has 1 N–H and O–H groups in total. The average Bonchev–Trinajstić information content (AvgIpc) is 3.04. The van der Waals surface area contributed by atoms with Crippen LogP contribution in [0.3, 0.4) is 0 Å². The van der Waals surface area contributed by atoms with Crippen LogP contribution in [0.15, 0.2) is 54.9 Å². The fourth-order valence-electron chi connectivity index (χ4n) is 3.60. The van der Waals surface area contributed by atoms with E-state index in [0.717, 1.165) is 17.7 Å². The Hall–Kier alpha value is -2.69. The first-order valence-electron chi connectivity index (χ1n) is 7.35. The van der Waals surface area contributed by atoms with Crippen LogP contribution in [-0.2, 0) is 0 Å². The summed E-state index contributed by atoms with van der Waals surface area (Å²) in [6.07, 6.45) is 8.95. The Morgan fingerprint density at radius 2 is 2.05 bits per heavy atom. The molecule has 22 heavy (non-hydrogen) atoms. The van der Waals surface area contributed by atoms with E-state index in [1.54, 1.807) is 24.5 Å². The summed E-state index contributed by atoms with van der Waals surface area (Å²) in [6.45, 7) is 0. The Bertz CT molecular complexity index is 758. The minimum Gasteiger partial charge on any atom is -0.378 e. The highest BCUT2D eigenvalue weighted by Gasteiger charge is 2.38. The molecule has 110 valence electrons. The van der Waals surface area contributed by atoms with Crippen molar-refractivity contribution in [3.63, 3.8) is 0 Å². The monoisotopic (exact) mass is 293 g/mol. The minimum atomic E-state index is -0.330. The van der Waals surface area contributed by atoms with Crippen molar-refractivity contribution in [3.8, 4) is 0 Å². The maximum absolute atomic E-state index is 11.0. The number of hydrogen-bond acceptors (Lipinski definition) is 4. The van der Waals surface area contributed by atoms with E-state index >= 15 is 0 Å². The zero-order chi connectivity index (χ0) is 15.1. The van der Waals surface area contributed by atoms with Gasteiger partial charge in [-0.3, -0.25) is 15.1 Å². The molecule has 3 atom stereocenters. The van der Waals surface area contributed by atoms with Crippen LogP contribution in [0.25, 0.3) is 0 Å². The van der Waals surface area contributed by atoms with E-state index in [1.165, 1.54) is 5.56 Å². The third-order valence-corrected chi connectivity index (χ3v) is 4.62. The molecule has 5 nitrogen and oxygen atoms in total. The molecule has 1 aliphatic heterocycles. The number of nitrogens with one attached hydrogen (secondary N) is 1. The number of non-ortho nitro benzene ring substituents is 1. The number of fused-ring (bicyclic) bond motifs is 3. The zero-order valence-corrected chi connectivity index (χ0v) is 11.8. The van der Waals surface area contributed by atoms with Crippen molar-refractivity contribution in [3.05, 3.63) is 76.1 Å². The van der Waals surface area contributed by atoms with E-state index in [0.29, 0.717) is 5.92 Å². The van der Waals surface area contributed by atoms with Gasteiger partial charge in [-0.25, -0.2) is 0 Å². The molecular formula is C17H15N3O2. The molecule has 4 rings (SSSR count). The normalized spacial score (nSPS) is 25.2. The maximum atomic E-state index is 11.0. The lowest BCUT2D eigenvalue weighted by Gasteiger charge is -2.37. The van der Waals surface area contributed by atoms with E-state index in [2.05, 4.69) is 22.5 Å². The Kier molecular flexibility index (Phi) is 2.92. The molecule has 0 spiro atoms. The van der Waals surface area contributed by atoms with Crippen LogP contribution in [0, 0.1) is 16.0 Å². The number of allylic oxidation sites excluding steroid dienone is 2. The maximum Gasteiger partial charge on any atom is 0.269 e. The number of nitro groups is 1. The molecule has 2 heterocycles. The van der Waals surface area contributed by atoms with Gasteiger partial charge in [0.25, 0.3) is 5.69 Å². The lowest BCUT2D eigenvalue weighted by atomic mass is 9.77. The Morgan fingerprint density at radius 1 is 1.23 bits per heavy atom. The lowest BCUT2D eigenvalue weighted by molar-refractivity contribution is -0.384. The van der Waals surface area contributed by atoms with Crippen molar-refractivity contribution in [2.75, 3.05) is 5.32 Å². The van der Waals surface area contributed by atoms with E-state index in [1.807, 2.05) is 18.2 Å². The average molecular weight is 293 g/mol. The van der Waals surface area contributed by atoms with Crippen LogP contribution in [0.1, 0.15) is 29.5 Å². The molecule has 2 aliphatic rings. The summed E-state index contributed by atoms with van der Waals surface area (Å²) in [7, 11) is 0. The molecule has 0 saturated heterocycles. The number of rotatable bonds is 2. The minimum absolute atomic E-state index is 0.155. The number of benzene rings is 1. The van der Waals surface area contributed by atoms with Crippen molar-refractivity contribution in [2.45, 2.75) is 18.4 Å². The number of aromatic nitrogens is 1. The first-order chi connectivity index (χ1) is 10.7. The molecule has 0 fully saturated rings. The molecule has 1 aromatic carbocycles. The highest BCUT2D eigenvalue weighted by molar-refractivity contribution is 5.62. The van der Waals surface area contributed by atoms with E-state index < -0.39 is 0 Å². The Morgan fingerprint density at radius 3 is 2.82 bits per heavy atom. The summed E-state index contributed by atoms with van der Waals surface area (Å²) in [5.74, 6) is 0.617. The molecule has 0 saturated carbocycles. The van der Waals surface area contributed by atoms with Gasteiger partial charge < -0.3 is 5.32 Å². The molecule has 0 amide bonds. The Balaban J connectivity index is 1.79. The van der Waals surface area contributed by atoms with E-state index in [9.17, 15) is 10.1 Å². The standard InChI is InChI=1S/C17H15N3O2/c21-20(22)12-4-5-16-15(10-12)13-2-1-3-14(13)17(19-16)11-6-8-18-9-7-11/h1-2,4-10,13-14,17,19H,3H2/t13-,14+,17+/m1/s1. The van der Waals surface area contributed by atoms with Crippen molar-refractivity contribution >= 4 is 11.4 Å². The van der Waals surface area contributed by atoms with Crippen LogP contribution in [-0.4, -0.2) is 9.91 Å². The molecule has 1 aliphatic carbocycles. The largest absolute Gasteiger partial charge is 0.378 e. The second-order valence-corrected chi connectivity index (χ2v) is 5.78. The van der Waals surface area contributed by atoms with Crippen molar-refractivity contribution < 1.29 is 4.92 Å².